The first kappa shape index (κ1) is 25.5. The highest BCUT2D eigenvalue weighted by atomic mass is 32.2. The molecule has 7 nitrogen and oxygen atoms in total. The van der Waals surface area contributed by atoms with Crippen LogP contribution in [0.15, 0.2) is 54.6 Å². The van der Waals surface area contributed by atoms with Crippen LogP contribution in [0.25, 0.3) is 6.08 Å². The maximum absolute atomic E-state index is 13.4. The number of ether oxygens (including phenoxy) is 1. The zero-order chi connectivity index (χ0) is 25.1. The van der Waals surface area contributed by atoms with E-state index in [0.717, 1.165) is 41.0 Å². The van der Waals surface area contributed by atoms with Gasteiger partial charge in [0.25, 0.3) is 5.91 Å². The van der Waals surface area contributed by atoms with Crippen LogP contribution in [0.3, 0.4) is 0 Å². The van der Waals surface area contributed by atoms with E-state index < -0.39 is 24.2 Å². The van der Waals surface area contributed by atoms with Crippen molar-refractivity contribution < 1.29 is 17.9 Å². The second-order valence-corrected chi connectivity index (χ2v) is 17.8. The van der Waals surface area contributed by atoms with Gasteiger partial charge in [-0.15, -0.1) is 0 Å². The second-order valence-electron chi connectivity index (χ2n) is 10.4. The average Bonchev–Trinajstić information content (AvgIpc) is 3.41. The fourth-order valence-electron chi connectivity index (χ4n) is 4.20. The minimum Gasteiger partial charge on any atom is -0.487 e. The minimum absolute atomic E-state index is 0.210. The SMILES string of the molecule is C[Si](C)(C)CCN1C(=O)CN(c2ccc(C=CC3CCNC3)cc2OCc2ccccc2)S1(=O)=O. The Hall–Kier alpha value is -2.62. The molecule has 2 saturated heterocycles. The molecule has 1 amide bonds. The molecular weight excluding hydrogens is 478 g/mol. The van der Waals surface area contributed by atoms with Crippen LogP contribution in [0, 0.1) is 5.92 Å². The number of hydrogen-bond donors (Lipinski definition) is 1. The third-order valence-corrected chi connectivity index (χ3v) is 9.88. The molecule has 35 heavy (non-hydrogen) atoms. The lowest BCUT2D eigenvalue weighted by molar-refractivity contribution is -0.123. The smallest absolute Gasteiger partial charge is 0.329 e. The Labute approximate surface area is 210 Å². The van der Waals surface area contributed by atoms with Crippen LogP contribution in [0.4, 0.5) is 5.69 Å². The van der Waals surface area contributed by atoms with Crippen molar-refractivity contribution in [1.82, 2.24) is 9.62 Å². The predicted octanol–water partition coefficient (Wildman–Crippen LogP) is 4.12. The van der Waals surface area contributed by atoms with Gasteiger partial charge in [0.1, 0.15) is 18.9 Å². The Morgan fingerprint density at radius 1 is 1.14 bits per heavy atom. The summed E-state index contributed by atoms with van der Waals surface area (Å²) in [5.74, 6) is 0.541. The summed E-state index contributed by atoms with van der Waals surface area (Å²) in [6.07, 6.45) is 5.35. The lowest BCUT2D eigenvalue weighted by atomic mass is 10.1. The van der Waals surface area contributed by atoms with Gasteiger partial charge in [0.05, 0.1) is 5.69 Å². The third kappa shape index (κ3) is 6.34. The van der Waals surface area contributed by atoms with Gasteiger partial charge in [0.2, 0.25) is 0 Å². The van der Waals surface area contributed by atoms with Crippen LogP contribution < -0.4 is 14.4 Å². The standard InChI is InChI=1S/C26H35N3O4SSi/c1-35(2,3)16-15-28-26(30)19-29(34(28,31)32)24-12-11-21(9-10-22-13-14-27-18-22)17-25(24)33-20-23-7-5-4-6-8-23/h4-12,17,22,27H,13-16,18-20H2,1-3H3. The fourth-order valence-corrected chi connectivity index (χ4v) is 6.80. The molecule has 188 valence electrons. The normalized spacial score (nSPS) is 20.2. The number of carbonyl (C=O) groups is 1. The van der Waals surface area contributed by atoms with E-state index in [1.54, 1.807) is 6.07 Å². The van der Waals surface area contributed by atoms with Crippen LogP contribution in [-0.2, 0) is 21.6 Å². The van der Waals surface area contributed by atoms with Gasteiger partial charge >= 0.3 is 10.2 Å². The zero-order valence-electron chi connectivity index (χ0n) is 20.7. The Bertz CT molecular complexity index is 1170. The molecule has 2 aliphatic rings. The van der Waals surface area contributed by atoms with Crippen molar-refractivity contribution in [2.75, 3.05) is 30.5 Å². The van der Waals surface area contributed by atoms with E-state index in [9.17, 15) is 13.2 Å². The van der Waals surface area contributed by atoms with Crippen LogP contribution in [0.2, 0.25) is 25.7 Å². The number of anilines is 1. The van der Waals surface area contributed by atoms with Crippen molar-refractivity contribution in [1.29, 1.82) is 0 Å². The number of nitrogens with one attached hydrogen (secondary N) is 1. The molecule has 0 bridgehead atoms. The predicted molar refractivity (Wildman–Crippen MR) is 143 cm³/mol. The Morgan fingerprint density at radius 3 is 2.60 bits per heavy atom. The van der Waals surface area contributed by atoms with Crippen LogP contribution in [-0.4, -0.2) is 52.9 Å². The van der Waals surface area contributed by atoms with Gasteiger partial charge in [-0.2, -0.15) is 8.42 Å². The van der Waals surface area contributed by atoms with E-state index in [-0.39, 0.29) is 13.1 Å². The number of nitrogens with zero attached hydrogens (tertiary/aromatic N) is 2. The summed E-state index contributed by atoms with van der Waals surface area (Å²) in [6.45, 7) is 8.81. The van der Waals surface area contributed by atoms with Gasteiger partial charge in [-0.3, -0.25) is 4.79 Å². The van der Waals surface area contributed by atoms with Crippen molar-refractivity contribution in [3.63, 3.8) is 0 Å². The molecule has 2 heterocycles. The molecule has 2 aliphatic heterocycles. The van der Waals surface area contributed by atoms with E-state index in [4.69, 9.17) is 4.74 Å². The lowest BCUT2D eigenvalue weighted by Crippen LogP contribution is -2.37. The quantitative estimate of drug-likeness (QED) is 0.511. The van der Waals surface area contributed by atoms with Crippen molar-refractivity contribution in [2.45, 2.75) is 38.7 Å². The van der Waals surface area contributed by atoms with E-state index in [1.807, 2.05) is 42.5 Å². The molecule has 0 radical (unpaired) electrons. The molecule has 0 spiro atoms. The summed E-state index contributed by atoms with van der Waals surface area (Å²) < 4.78 is 35.2. The highest BCUT2D eigenvalue weighted by Gasteiger charge is 2.43. The third-order valence-electron chi connectivity index (χ3n) is 6.33. The van der Waals surface area contributed by atoms with E-state index >= 15 is 0 Å². The number of carbonyl (C=O) groups excluding carboxylic acids is 1. The summed E-state index contributed by atoms with van der Waals surface area (Å²) in [6, 6.07) is 16.0. The monoisotopic (exact) mass is 513 g/mol. The summed E-state index contributed by atoms with van der Waals surface area (Å²) >= 11 is 0. The molecule has 4 rings (SSSR count). The highest BCUT2D eigenvalue weighted by Crippen LogP contribution is 2.36. The van der Waals surface area contributed by atoms with Crippen molar-refractivity contribution in [2.24, 2.45) is 5.92 Å². The molecule has 1 N–H and O–H groups in total. The topological polar surface area (TPSA) is 79.0 Å². The van der Waals surface area contributed by atoms with Crippen molar-refractivity contribution in [3.05, 3.63) is 65.7 Å². The molecule has 9 heteroatoms. The first-order valence-electron chi connectivity index (χ1n) is 12.2. The number of rotatable bonds is 9. The first-order valence-corrected chi connectivity index (χ1v) is 17.3. The second kappa shape index (κ2) is 10.6. The molecule has 1 atom stereocenters. The van der Waals surface area contributed by atoms with Gasteiger partial charge in [-0.05, 0) is 48.2 Å². The zero-order valence-corrected chi connectivity index (χ0v) is 22.6. The van der Waals surface area contributed by atoms with Crippen LogP contribution in [0.5, 0.6) is 5.75 Å². The summed E-state index contributed by atoms with van der Waals surface area (Å²) in [4.78, 5) is 12.8. The van der Waals surface area contributed by atoms with E-state index in [1.165, 1.54) is 4.31 Å². The Balaban J connectivity index is 1.62. The van der Waals surface area contributed by atoms with Gasteiger partial charge < -0.3 is 10.1 Å². The van der Waals surface area contributed by atoms with Crippen molar-refractivity contribution in [3.8, 4) is 5.75 Å². The van der Waals surface area contributed by atoms with Gasteiger partial charge in [0, 0.05) is 21.2 Å². The maximum Gasteiger partial charge on any atom is 0.329 e. The molecule has 0 aromatic heterocycles. The average molecular weight is 514 g/mol. The maximum atomic E-state index is 13.4. The van der Waals surface area contributed by atoms with Gasteiger partial charge in [-0.25, -0.2) is 8.61 Å². The van der Waals surface area contributed by atoms with E-state index in [0.29, 0.717) is 24.0 Å². The molecule has 2 fully saturated rings. The highest BCUT2D eigenvalue weighted by molar-refractivity contribution is 7.91. The van der Waals surface area contributed by atoms with Crippen LogP contribution in [0.1, 0.15) is 17.5 Å². The number of benzene rings is 2. The summed E-state index contributed by atoms with van der Waals surface area (Å²) in [5, 5.41) is 3.36. The van der Waals surface area contributed by atoms with Gasteiger partial charge in [0.15, 0.2) is 0 Å². The Morgan fingerprint density at radius 2 is 1.91 bits per heavy atom. The van der Waals surface area contributed by atoms with Crippen LogP contribution >= 0.6 is 0 Å². The largest absolute Gasteiger partial charge is 0.487 e. The lowest BCUT2D eigenvalue weighted by Gasteiger charge is -2.24. The molecular formula is C26H35N3O4SSi. The summed E-state index contributed by atoms with van der Waals surface area (Å²) in [7, 11) is -5.48. The number of hydrogen-bond acceptors (Lipinski definition) is 5. The first-order chi connectivity index (χ1) is 16.6. The van der Waals surface area contributed by atoms with Crippen molar-refractivity contribution >= 4 is 36.0 Å². The molecule has 2 aromatic rings. The Kier molecular flexibility index (Phi) is 7.68. The minimum atomic E-state index is -3.96. The van der Waals surface area contributed by atoms with Gasteiger partial charge in [-0.1, -0.05) is 68.2 Å². The summed E-state index contributed by atoms with van der Waals surface area (Å²) in [5.41, 5.74) is 2.31. The molecule has 1 unspecified atom stereocenters. The molecule has 2 aromatic carbocycles. The number of amides is 1. The van der Waals surface area contributed by atoms with E-state index in [2.05, 4.69) is 37.1 Å². The fraction of sp³-hybridized carbons (Fsp3) is 0.423. The molecule has 0 aliphatic carbocycles. The molecule has 0 saturated carbocycles.